The number of carbonyl (C=O) groups is 2. The number of rotatable bonds is 11. The van der Waals surface area contributed by atoms with E-state index in [9.17, 15) is 18.0 Å². The molecule has 0 bridgehead atoms. The minimum Gasteiger partial charge on any atom is -0.352 e. The molecule has 0 aliphatic rings. The standard InChI is InChI=1S/C30H37N3O4S2/c1-21(2)31-30(35)24(5)32(19-25-10-8-7-9-23(25)4)29(34)20-33(26-13-11-22(3)12-14-26)39(36,37)28-17-15-27(38-6)16-18-28/h7-18,21,24H,19-20H2,1-6H3,(H,31,35)/t24-/m0/s1. The van der Waals surface area contributed by atoms with Crippen LogP contribution in [0.5, 0.6) is 0 Å². The number of hydrogen-bond acceptors (Lipinski definition) is 5. The first-order chi connectivity index (χ1) is 18.4. The van der Waals surface area contributed by atoms with E-state index in [-0.39, 0.29) is 23.4 Å². The first kappa shape index (κ1) is 30.2. The van der Waals surface area contributed by atoms with Crippen molar-refractivity contribution < 1.29 is 18.0 Å². The number of sulfonamides is 1. The highest BCUT2D eigenvalue weighted by Crippen LogP contribution is 2.26. The molecule has 0 heterocycles. The Labute approximate surface area is 236 Å². The van der Waals surface area contributed by atoms with E-state index >= 15 is 0 Å². The Hall–Kier alpha value is -3.30. The maximum absolute atomic E-state index is 14.0. The highest BCUT2D eigenvalue weighted by atomic mass is 32.2. The minimum absolute atomic E-state index is 0.0877. The van der Waals surface area contributed by atoms with Crippen LogP contribution < -0.4 is 9.62 Å². The van der Waals surface area contributed by atoms with Gasteiger partial charge in [-0.2, -0.15) is 0 Å². The first-order valence-corrected chi connectivity index (χ1v) is 15.5. The fourth-order valence-corrected chi connectivity index (χ4v) is 5.90. The van der Waals surface area contributed by atoms with Gasteiger partial charge in [-0.05, 0) is 88.4 Å². The van der Waals surface area contributed by atoms with Crippen LogP contribution >= 0.6 is 11.8 Å². The molecule has 1 N–H and O–H groups in total. The Bertz CT molecular complexity index is 1390. The highest BCUT2D eigenvalue weighted by Gasteiger charge is 2.32. The number of carbonyl (C=O) groups excluding carboxylic acids is 2. The Balaban J connectivity index is 2.04. The lowest BCUT2D eigenvalue weighted by Crippen LogP contribution is -2.52. The average molecular weight is 568 g/mol. The molecule has 0 fully saturated rings. The number of thioether (sulfide) groups is 1. The van der Waals surface area contributed by atoms with Gasteiger partial charge in [-0.1, -0.05) is 42.0 Å². The van der Waals surface area contributed by atoms with Crippen molar-refractivity contribution in [1.29, 1.82) is 0 Å². The molecule has 0 saturated heterocycles. The number of aryl methyl sites for hydroxylation is 2. The Morgan fingerprint density at radius 3 is 2.08 bits per heavy atom. The number of benzene rings is 3. The van der Waals surface area contributed by atoms with Gasteiger partial charge in [0, 0.05) is 17.5 Å². The maximum atomic E-state index is 14.0. The molecule has 7 nitrogen and oxygen atoms in total. The molecule has 1 atom stereocenters. The maximum Gasteiger partial charge on any atom is 0.264 e. The van der Waals surface area contributed by atoms with Crippen molar-refractivity contribution in [1.82, 2.24) is 10.2 Å². The molecule has 3 rings (SSSR count). The van der Waals surface area contributed by atoms with Crippen LogP contribution in [0.2, 0.25) is 0 Å². The third-order valence-corrected chi connectivity index (χ3v) is 8.98. The fraction of sp³-hybridized carbons (Fsp3) is 0.333. The molecule has 208 valence electrons. The van der Waals surface area contributed by atoms with Gasteiger partial charge in [0.2, 0.25) is 11.8 Å². The summed E-state index contributed by atoms with van der Waals surface area (Å²) in [5, 5.41) is 2.87. The predicted molar refractivity (Wildman–Crippen MR) is 158 cm³/mol. The minimum atomic E-state index is -4.09. The van der Waals surface area contributed by atoms with Crippen molar-refractivity contribution in [2.24, 2.45) is 0 Å². The summed E-state index contributed by atoms with van der Waals surface area (Å²) < 4.78 is 28.9. The van der Waals surface area contributed by atoms with Gasteiger partial charge in [-0.3, -0.25) is 13.9 Å². The van der Waals surface area contributed by atoms with E-state index in [1.165, 1.54) is 16.7 Å². The van der Waals surface area contributed by atoms with Crippen LogP contribution in [0.25, 0.3) is 0 Å². The summed E-state index contributed by atoms with van der Waals surface area (Å²) in [4.78, 5) is 29.4. The predicted octanol–water partition coefficient (Wildman–Crippen LogP) is 5.16. The summed E-state index contributed by atoms with van der Waals surface area (Å²) in [6.45, 7) is 8.94. The Morgan fingerprint density at radius 2 is 1.51 bits per heavy atom. The molecule has 3 aromatic rings. The Morgan fingerprint density at radius 1 is 0.897 bits per heavy atom. The van der Waals surface area contributed by atoms with E-state index in [2.05, 4.69) is 5.32 Å². The number of anilines is 1. The van der Waals surface area contributed by atoms with Crippen LogP contribution in [-0.2, 0) is 26.2 Å². The molecule has 0 saturated carbocycles. The molecular weight excluding hydrogens is 530 g/mol. The molecular formula is C30H37N3O4S2. The van der Waals surface area contributed by atoms with Crippen molar-refractivity contribution in [2.75, 3.05) is 17.1 Å². The molecule has 39 heavy (non-hydrogen) atoms. The second kappa shape index (κ2) is 13.2. The molecule has 3 aromatic carbocycles. The van der Waals surface area contributed by atoms with Crippen LogP contribution in [0.3, 0.4) is 0 Å². The summed E-state index contributed by atoms with van der Waals surface area (Å²) in [6.07, 6.45) is 1.92. The van der Waals surface area contributed by atoms with Crippen molar-refractivity contribution in [3.63, 3.8) is 0 Å². The van der Waals surface area contributed by atoms with Gasteiger partial charge >= 0.3 is 0 Å². The number of hydrogen-bond donors (Lipinski definition) is 1. The number of nitrogens with one attached hydrogen (secondary N) is 1. The second-order valence-corrected chi connectivity index (χ2v) is 12.6. The van der Waals surface area contributed by atoms with Gasteiger partial charge in [0.15, 0.2) is 0 Å². The van der Waals surface area contributed by atoms with Crippen molar-refractivity contribution in [3.05, 3.63) is 89.5 Å². The molecule has 9 heteroatoms. The average Bonchev–Trinajstić information content (AvgIpc) is 2.91. The van der Waals surface area contributed by atoms with E-state index in [0.717, 1.165) is 25.9 Å². The van der Waals surface area contributed by atoms with E-state index < -0.39 is 28.5 Å². The van der Waals surface area contributed by atoms with E-state index in [1.807, 2.05) is 70.3 Å². The molecule has 0 aromatic heterocycles. The van der Waals surface area contributed by atoms with Crippen molar-refractivity contribution >= 4 is 39.3 Å². The third kappa shape index (κ3) is 7.64. The molecule has 0 aliphatic carbocycles. The highest BCUT2D eigenvalue weighted by molar-refractivity contribution is 7.98. The lowest BCUT2D eigenvalue weighted by molar-refractivity contribution is -0.139. The quantitative estimate of drug-likeness (QED) is 0.324. The summed E-state index contributed by atoms with van der Waals surface area (Å²) in [6, 6.07) is 20.3. The van der Waals surface area contributed by atoms with Crippen molar-refractivity contribution in [3.8, 4) is 0 Å². The normalized spacial score (nSPS) is 12.2. The van der Waals surface area contributed by atoms with Crippen LogP contribution in [-0.4, -0.2) is 50.0 Å². The van der Waals surface area contributed by atoms with E-state index in [0.29, 0.717) is 5.69 Å². The molecule has 0 spiro atoms. The monoisotopic (exact) mass is 567 g/mol. The van der Waals surface area contributed by atoms with Gasteiger partial charge in [-0.15, -0.1) is 11.8 Å². The zero-order valence-corrected chi connectivity index (χ0v) is 25.0. The molecule has 2 amide bonds. The van der Waals surface area contributed by atoms with Crippen molar-refractivity contribution in [2.45, 2.75) is 63.0 Å². The second-order valence-electron chi connectivity index (χ2n) is 9.81. The largest absolute Gasteiger partial charge is 0.352 e. The zero-order valence-electron chi connectivity index (χ0n) is 23.3. The van der Waals surface area contributed by atoms with Gasteiger partial charge in [0.25, 0.3) is 10.0 Å². The first-order valence-electron chi connectivity index (χ1n) is 12.8. The Kier molecular flexibility index (Phi) is 10.2. The topological polar surface area (TPSA) is 86.8 Å². The number of nitrogens with zero attached hydrogens (tertiary/aromatic N) is 2. The van der Waals surface area contributed by atoms with Gasteiger partial charge in [-0.25, -0.2) is 8.42 Å². The van der Waals surface area contributed by atoms with Crippen LogP contribution in [0.4, 0.5) is 5.69 Å². The van der Waals surface area contributed by atoms with Gasteiger partial charge in [0.05, 0.1) is 10.6 Å². The fourth-order valence-electron chi connectivity index (χ4n) is 4.07. The summed E-state index contributed by atoms with van der Waals surface area (Å²) in [5.41, 5.74) is 3.20. The lowest BCUT2D eigenvalue weighted by atomic mass is 10.1. The molecule has 0 aliphatic heterocycles. The van der Waals surface area contributed by atoms with Crippen LogP contribution in [0.1, 0.15) is 37.5 Å². The number of amides is 2. The zero-order chi connectivity index (χ0) is 28.7. The van der Waals surface area contributed by atoms with E-state index in [4.69, 9.17) is 0 Å². The SMILES string of the molecule is CSc1ccc(S(=O)(=O)N(CC(=O)N(Cc2ccccc2C)[C@@H](C)C(=O)NC(C)C)c2ccc(C)cc2)cc1. The van der Waals surface area contributed by atoms with E-state index in [1.54, 1.807) is 43.3 Å². The van der Waals surface area contributed by atoms with Crippen LogP contribution in [0.15, 0.2) is 82.6 Å². The molecule has 0 unspecified atom stereocenters. The smallest absolute Gasteiger partial charge is 0.264 e. The van der Waals surface area contributed by atoms with Crippen LogP contribution in [0, 0.1) is 13.8 Å². The van der Waals surface area contributed by atoms with Gasteiger partial charge < -0.3 is 10.2 Å². The lowest BCUT2D eigenvalue weighted by Gasteiger charge is -2.32. The summed E-state index contributed by atoms with van der Waals surface area (Å²) >= 11 is 1.51. The summed E-state index contributed by atoms with van der Waals surface area (Å²) in [7, 11) is -4.09. The van der Waals surface area contributed by atoms with Gasteiger partial charge in [0.1, 0.15) is 12.6 Å². The molecule has 0 radical (unpaired) electrons. The third-order valence-electron chi connectivity index (χ3n) is 6.45. The summed E-state index contributed by atoms with van der Waals surface area (Å²) in [5.74, 6) is -0.779.